The summed E-state index contributed by atoms with van der Waals surface area (Å²) in [4.78, 5) is 32.0. The molecule has 0 aliphatic carbocycles. The minimum absolute atomic E-state index is 0.0154. The Kier molecular flexibility index (Phi) is 10.4. The molecule has 0 saturated heterocycles. The van der Waals surface area contributed by atoms with Crippen LogP contribution in [0.5, 0.6) is 0 Å². The van der Waals surface area contributed by atoms with E-state index < -0.39 is 0 Å². The number of hydrogen-bond donors (Lipinski definition) is 1. The lowest BCUT2D eigenvalue weighted by Crippen LogP contribution is -2.34. The van der Waals surface area contributed by atoms with Gasteiger partial charge in [-0.25, -0.2) is 4.98 Å². The molecular formula is C34H38N4O2. The molecule has 0 unspecified atom stereocenters. The quantitative estimate of drug-likeness (QED) is 0.151. The Balaban J connectivity index is 1.23. The molecule has 40 heavy (non-hydrogen) atoms. The molecule has 6 heteroatoms. The van der Waals surface area contributed by atoms with Gasteiger partial charge < -0.3 is 14.8 Å². The van der Waals surface area contributed by atoms with Crippen LogP contribution < -0.4 is 5.32 Å². The van der Waals surface area contributed by atoms with Gasteiger partial charge in [0.2, 0.25) is 11.8 Å². The maximum Gasteiger partial charge on any atom is 0.243 e. The first kappa shape index (κ1) is 28.6. The zero-order valence-corrected chi connectivity index (χ0v) is 23.1. The summed E-state index contributed by atoms with van der Waals surface area (Å²) >= 11 is 0. The number of aromatic nitrogens is 2. The number of aryl methyl sites for hydroxylation is 1. The number of carbonyl (C=O) groups is 2. The van der Waals surface area contributed by atoms with E-state index in [4.69, 9.17) is 4.98 Å². The molecule has 1 aromatic heterocycles. The molecule has 0 radical (unpaired) electrons. The summed E-state index contributed by atoms with van der Waals surface area (Å²) in [6.45, 7) is 9.38. The molecule has 4 rings (SSSR count). The third kappa shape index (κ3) is 7.79. The first-order valence-electron chi connectivity index (χ1n) is 13.9. The highest BCUT2D eigenvalue weighted by atomic mass is 16.2. The van der Waals surface area contributed by atoms with Crippen molar-refractivity contribution in [2.24, 2.45) is 0 Å². The van der Waals surface area contributed by atoms with Gasteiger partial charge >= 0.3 is 0 Å². The second-order valence-electron chi connectivity index (χ2n) is 9.88. The second kappa shape index (κ2) is 14.6. The van der Waals surface area contributed by atoms with Crippen molar-refractivity contribution in [3.8, 4) is 11.1 Å². The highest BCUT2D eigenvalue weighted by molar-refractivity contribution is 5.81. The predicted molar refractivity (Wildman–Crippen MR) is 163 cm³/mol. The number of hydrogen-bond acceptors (Lipinski definition) is 3. The summed E-state index contributed by atoms with van der Waals surface area (Å²) in [6.07, 6.45) is 7.39. The van der Waals surface area contributed by atoms with Crippen LogP contribution >= 0.6 is 0 Å². The van der Waals surface area contributed by atoms with Gasteiger partial charge in [-0.05, 0) is 41.7 Å². The van der Waals surface area contributed by atoms with Crippen molar-refractivity contribution >= 4 is 22.8 Å². The second-order valence-corrected chi connectivity index (χ2v) is 9.88. The molecule has 2 amide bonds. The summed E-state index contributed by atoms with van der Waals surface area (Å²) in [5.41, 5.74) is 5.18. The van der Waals surface area contributed by atoms with Gasteiger partial charge in [-0.2, -0.15) is 0 Å². The molecule has 6 nitrogen and oxygen atoms in total. The summed E-state index contributed by atoms with van der Waals surface area (Å²) in [5, 5.41) is 3.05. The van der Waals surface area contributed by atoms with Crippen LogP contribution in [-0.2, 0) is 29.0 Å². The molecule has 0 atom stereocenters. The lowest BCUT2D eigenvalue weighted by atomic mass is 10.0. The number of benzene rings is 3. The van der Waals surface area contributed by atoms with E-state index in [2.05, 4.69) is 42.7 Å². The van der Waals surface area contributed by atoms with E-state index in [9.17, 15) is 9.59 Å². The third-order valence-corrected chi connectivity index (χ3v) is 6.90. The zero-order chi connectivity index (χ0) is 28.2. The Hall–Kier alpha value is -4.45. The number of rotatable bonds is 15. The molecule has 4 aromatic rings. The molecule has 0 saturated carbocycles. The Morgan fingerprint density at radius 3 is 2.23 bits per heavy atom. The van der Waals surface area contributed by atoms with E-state index in [0.29, 0.717) is 26.1 Å². The first-order chi connectivity index (χ1) is 19.6. The Morgan fingerprint density at radius 2 is 1.50 bits per heavy atom. The third-order valence-electron chi connectivity index (χ3n) is 6.90. The number of nitrogens with zero attached hydrogens (tertiary/aromatic N) is 3. The van der Waals surface area contributed by atoms with Gasteiger partial charge in [0.15, 0.2) is 0 Å². The van der Waals surface area contributed by atoms with E-state index in [1.54, 1.807) is 17.1 Å². The van der Waals surface area contributed by atoms with Crippen molar-refractivity contribution in [1.82, 2.24) is 19.8 Å². The number of imidazole rings is 1. The van der Waals surface area contributed by atoms with Crippen molar-refractivity contribution in [2.45, 2.75) is 38.6 Å². The van der Waals surface area contributed by atoms with Crippen molar-refractivity contribution in [1.29, 1.82) is 0 Å². The molecule has 1 heterocycles. The van der Waals surface area contributed by atoms with E-state index in [1.165, 1.54) is 5.56 Å². The largest absolute Gasteiger partial charge is 0.356 e. The van der Waals surface area contributed by atoms with Crippen molar-refractivity contribution in [2.75, 3.05) is 19.6 Å². The van der Waals surface area contributed by atoms with Crippen LogP contribution in [0.3, 0.4) is 0 Å². The van der Waals surface area contributed by atoms with E-state index in [1.807, 2.05) is 59.2 Å². The standard InChI is InChI=1S/C34H38N4O2/c1-3-23-37(24-4-2)34(40)26-38-31-16-11-10-15-30(31)36-32(38)17-9-6-12-22-35-33(39)25-27-18-20-29(21-19-27)28-13-7-5-8-14-28/h3-5,7-8,10-11,13-16,18-21H,1-2,6,9,12,17,22-26H2,(H,35,39). The van der Waals surface area contributed by atoms with Crippen LogP contribution in [0.2, 0.25) is 0 Å². The van der Waals surface area contributed by atoms with Gasteiger partial charge in [-0.15, -0.1) is 13.2 Å². The average Bonchev–Trinajstić information content (AvgIpc) is 3.32. The average molecular weight is 535 g/mol. The van der Waals surface area contributed by atoms with Gasteiger partial charge in [0.1, 0.15) is 12.4 Å². The van der Waals surface area contributed by atoms with Crippen LogP contribution in [0.1, 0.15) is 30.7 Å². The van der Waals surface area contributed by atoms with Crippen LogP contribution in [0, 0.1) is 0 Å². The number of nitrogens with one attached hydrogen (secondary N) is 1. The van der Waals surface area contributed by atoms with Gasteiger partial charge in [0, 0.05) is 26.1 Å². The summed E-state index contributed by atoms with van der Waals surface area (Å²) in [6, 6.07) is 26.3. The highest BCUT2D eigenvalue weighted by Gasteiger charge is 2.17. The Morgan fingerprint density at radius 1 is 0.825 bits per heavy atom. The highest BCUT2D eigenvalue weighted by Crippen LogP contribution is 2.20. The molecule has 0 bridgehead atoms. The van der Waals surface area contributed by atoms with Gasteiger partial charge in [0.25, 0.3) is 0 Å². The zero-order valence-electron chi connectivity index (χ0n) is 23.1. The minimum Gasteiger partial charge on any atom is -0.356 e. The Labute approximate surface area is 237 Å². The van der Waals surface area contributed by atoms with E-state index in [-0.39, 0.29) is 18.4 Å². The number of unbranched alkanes of at least 4 members (excludes halogenated alkanes) is 2. The van der Waals surface area contributed by atoms with Gasteiger partial charge in [-0.1, -0.05) is 85.3 Å². The maximum absolute atomic E-state index is 13.0. The molecule has 1 N–H and O–H groups in total. The number of para-hydroxylation sites is 2. The Bertz CT molecular complexity index is 1410. The summed E-state index contributed by atoms with van der Waals surface area (Å²) < 4.78 is 2.03. The lowest BCUT2D eigenvalue weighted by molar-refractivity contribution is -0.130. The van der Waals surface area contributed by atoms with Crippen LogP contribution in [0.15, 0.2) is 104 Å². The van der Waals surface area contributed by atoms with E-state index >= 15 is 0 Å². The lowest BCUT2D eigenvalue weighted by Gasteiger charge is -2.20. The molecule has 0 aliphatic heterocycles. The van der Waals surface area contributed by atoms with Crippen molar-refractivity contribution < 1.29 is 9.59 Å². The van der Waals surface area contributed by atoms with Crippen LogP contribution in [0.4, 0.5) is 0 Å². The molecule has 0 fully saturated rings. The number of carbonyl (C=O) groups excluding carboxylic acids is 2. The number of amides is 2. The fourth-order valence-electron chi connectivity index (χ4n) is 4.82. The van der Waals surface area contributed by atoms with Gasteiger partial charge in [-0.3, -0.25) is 9.59 Å². The van der Waals surface area contributed by atoms with Crippen LogP contribution in [0.25, 0.3) is 22.2 Å². The SMILES string of the molecule is C=CCN(CC=C)C(=O)Cn1c(CCCCCNC(=O)Cc2ccc(-c3ccccc3)cc2)nc2ccccc21. The fourth-order valence-corrected chi connectivity index (χ4v) is 4.82. The smallest absolute Gasteiger partial charge is 0.243 e. The van der Waals surface area contributed by atoms with Crippen LogP contribution in [-0.4, -0.2) is 45.9 Å². The summed E-state index contributed by atoms with van der Waals surface area (Å²) in [7, 11) is 0. The van der Waals surface area contributed by atoms with Crippen molar-refractivity contribution in [3.63, 3.8) is 0 Å². The van der Waals surface area contributed by atoms with E-state index in [0.717, 1.165) is 53.7 Å². The molecule has 0 spiro atoms. The normalized spacial score (nSPS) is 10.8. The molecule has 3 aromatic carbocycles. The molecular weight excluding hydrogens is 496 g/mol. The molecule has 206 valence electrons. The fraction of sp³-hybridized carbons (Fsp3) is 0.265. The molecule has 0 aliphatic rings. The monoisotopic (exact) mass is 534 g/mol. The maximum atomic E-state index is 13.0. The summed E-state index contributed by atoms with van der Waals surface area (Å²) in [5.74, 6) is 0.965. The first-order valence-corrected chi connectivity index (χ1v) is 13.9. The predicted octanol–water partition coefficient (Wildman–Crippen LogP) is 5.98. The number of fused-ring (bicyclic) bond motifs is 1. The minimum atomic E-state index is 0.0154. The topological polar surface area (TPSA) is 67.2 Å². The van der Waals surface area contributed by atoms with Gasteiger partial charge in [0.05, 0.1) is 17.5 Å². The van der Waals surface area contributed by atoms with Crippen molar-refractivity contribution in [3.05, 3.63) is 116 Å².